The third kappa shape index (κ3) is 3.93. The Bertz CT molecular complexity index is 369. The second kappa shape index (κ2) is 6.52. The molecule has 0 aromatic rings. The number of ether oxygens (including phenoxy) is 2. The SMILES string of the molecule is CC[C@@H]1CC[C@@]2(C[C@H](O[Si](C)(C)C(C)(C)C)[C@H](O)CO2)OC1. The van der Waals surface area contributed by atoms with Crippen LogP contribution < -0.4 is 0 Å². The third-order valence-electron chi connectivity index (χ3n) is 5.80. The van der Waals surface area contributed by atoms with E-state index in [0.29, 0.717) is 18.9 Å². The molecule has 0 aromatic heterocycles. The summed E-state index contributed by atoms with van der Waals surface area (Å²) in [5.74, 6) is 0.110. The van der Waals surface area contributed by atoms with Gasteiger partial charge in [-0.3, -0.25) is 0 Å². The molecule has 0 amide bonds. The molecule has 2 saturated heterocycles. The summed E-state index contributed by atoms with van der Waals surface area (Å²) in [6, 6.07) is 0. The lowest BCUT2D eigenvalue weighted by molar-refractivity contribution is -0.310. The van der Waals surface area contributed by atoms with Crippen molar-refractivity contribution in [2.45, 2.75) is 89.5 Å². The van der Waals surface area contributed by atoms with E-state index in [9.17, 15) is 5.11 Å². The van der Waals surface area contributed by atoms with Crippen molar-refractivity contribution in [3.05, 3.63) is 0 Å². The van der Waals surface area contributed by atoms with Crippen LogP contribution >= 0.6 is 0 Å². The Kier molecular flexibility index (Phi) is 5.45. The molecule has 0 unspecified atom stereocenters. The molecule has 0 aliphatic carbocycles. The Labute approximate surface area is 136 Å². The highest BCUT2D eigenvalue weighted by Crippen LogP contribution is 2.42. The lowest BCUT2D eigenvalue weighted by Gasteiger charge is -2.49. The molecule has 2 rings (SSSR count). The fourth-order valence-corrected chi connectivity index (χ4v) is 4.32. The van der Waals surface area contributed by atoms with Gasteiger partial charge < -0.3 is 19.0 Å². The summed E-state index contributed by atoms with van der Waals surface area (Å²) in [4.78, 5) is 0. The van der Waals surface area contributed by atoms with E-state index in [1.807, 2.05) is 0 Å². The average Bonchev–Trinajstić information content (AvgIpc) is 2.42. The first-order chi connectivity index (χ1) is 10.1. The van der Waals surface area contributed by atoms with Crippen molar-refractivity contribution in [1.29, 1.82) is 0 Å². The van der Waals surface area contributed by atoms with Crippen molar-refractivity contribution in [1.82, 2.24) is 0 Å². The first-order valence-corrected chi connectivity index (χ1v) is 11.6. The highest BCUT2D eigenvalue weighted by molar-refractivity contribution is 6.74. The van der Waals surface area contributed by atoms with E-state index in [1.54, 1.807) is 0 Å². The highest BCUT2D eigenvalue weighted by Gasteiger charge is 2.48. The molecule has 22 heavy (non-hydrogen) atoms. The summed E-state index contributed by atoms with van der Waals surface area (Å²) in [6.07, 6.45) is 3.13. The second-order valence-corrected chi connectivity index (χ2v) is 13.3. The first-order valence-electron chi connectivity index (χ1n) is 8.72. The standard InChI is InChI=1S/C17H34O4Si/c1-7-13-8-9-17(19-11-13)10-15(14(18)12-20-17)21-22(5,6)16(2,3)4/h13-15,18H,7-12H2,1-6H3/t13-,14-,15+,17-/m1/s1. The predicted octanol–water partition coefficient (Wildman–Crippen LogP) is 3.69. The van der Waals surface area contributed by atoms with Crippen LogP contribution in [0.1, 0.15) is 53.4 Å². The quantitative estimate of drug-likeness (QED) is 0.802. The largest absolute Gasteiger partial charge is 0.411 e. The Morgan fingerprint density at radius 1 is 1.23 bits per heavy atom. The van der Waals surface area contributed by atoms with Gasteiger partial charge in [-0.1, -0.05) is 34.1 Å². The molecule has 0 aromatic carbocycles. The summed E-state index contributed by atoms with van der Waals surface area (Å²) in [7, 11) is -1.91. The normalized spacial score (nSPS) is 37.5. The topological polar surface area (TPSA) is 47.9 Å². The molecule has 0 saturated carbocycles. The lowest BCUT2D eigenvalue weighted by atomic mass is 9.89. The Morgan fingerprint density at radius 3 is 2.36 bits per heavy atom. The summed E-state index contributed by atoms with van der Waals surface area (Å²) < 4.78 is 18.5. The van der Waals surface area contributed by atoms with Crippen LogP contribution in [0.25, 0.3) is 0 Å². The molecule has 0 radical (unpaired) electrons. The maximum atomic E-state index is 10.3. The van der Waals surface area contributed by atoms with Crippen LogP contribution in [0.15, 0.2) is 0 Å². The van der Waals surface area contributed by atoms with Crippen LogP contribution in [0.3, 0.4) is 0 Å². The molecule has 2 heterocycles. The molecule has 4 nitrogen and oxygen atoms in total. The molecule has 2 aliphatic heterocycles. The van der Waals surface area contributed by atoms with Crippen LogP contribution in [0.2, 0.25) is 18.1 Å². The van der Waals surface area contributed by atoms with Crippen molar-refractivity contribution in [3.63, 3.8) is 0 Å². The fourth-order valence-electron chi connectivity index (χ4n) is 2.97. The van der Waals surface area contributed by atoms with E-state index < -0.39 is 20.2 Å². The number of hydrogen-bond donors (Lipinski definition) is 1. The van der Waals surface area contributed by atoms with Crippen molar-refractivity contribution < 1.29 is 19.0 Å². The fraction of sp³-hybridized carbons (Fsp3) is 1.00. The summed E-state index contributed by atoms with van der Waals surface area (Å²) in [5, 5.41) is 10.5. The Morgan fingerprint density at radius 2 is 1.86 bits per heavy atom. The van der Waals surface area contributed by atoms with Crippen molar-refractivity contribution in [2.75, 3.05) is 13.2 Å². The zero-order chi connectivity index (χ0) is 16.6. The van der Waals surface area contributed by atoms with Gasteiger partial charge in [-0.25, -0.2) is 0 Å². The van der Waals surface area contributed by atoms with E-state index in [-0.39, 0.29) is 11.1 Å². The van der Waals surface area contributed by atoms with Crippen LogP contribution in [0.5, 0.6) is 0 Å². The molecule has 130 valence electrons. The highest BCUT2D eigenvalue weighted by atomic mass is 28.4. The van der Waals surface area contributed by atoms with Gasteiger partial charge in [0.1, 0.15) is 6.10 Å². The zero-order valence-electron chi connectivity index (χ0n) is 15.1. The van der Waals surface area contributed by atoms with Gasteiger partial charge in [0, 0.05) is 12.8 Å². The number of rotatable bonds is 3. The monoisotopic (exact) mass is 330 g/mol. The third-order valence-corrected chi connectivity index (χ3v) is 10.3. The minimum Gasteiger partial charge on any atom is -0.411 e. The maximum absolute atomic E-state index is 10.3. The number of aliphatic hydroxyl groups is 1. The zero-order valence-corrected chi connectivity index (χ0v) is 16.1. The first kappa shape index (κ1) is 18.4. The second-order valence-electron chi connectivity index (χ2n) is 8.53. The molecular formula is C17H34O4Si. The van der Waals surface area contributed by atoms with Gasteiger partial charge in [-0.15, -0.1) is 0 Å². The van der Waals surface area contributed by atoms with Crippen molar-refractivity contribution in [2.24, 2.45) is 5.92 Å². The molecule has 1 spiro atoms. The summed E-state index contributed by atoms with van der Waals surface area (Å²) in [5.41, 5.74) is 0. The van der Waals surface area contributed by atoms with E-state index >= 15 is 0 Å². The number of aliphatic hydroxyl groups excluding tert-OH is 1. The van der Waals surface area contributed by atoms with Gasteiger partial charge in [-0.05, 0) is 30.5 Å². The van der Waals surface area contributed by atoms with Crippen molar-refractivity contribution >= 4 is 8.32 Å². The molecule has 5 heteroatoms. The van der Waals surface area contributed by atoms with E-state index in [0.717, 1.165) is 25.9 Å². The van der Waals surface area contributed by atoms with Crippen molar-refractivity contribution in [3.8, 4) is 0 Å². The predicted molar refractivity (Wildman–Crippen MR) is 90.3 cm³/mol. The van der Waals surface area contributed by atoms with Gasteiger partial charge in [-0.2, -0.15) is 0 Å². The average molecular weight is 331 g/mol. The smallest absolute Gasteiger partial charge is 0.192 e. The number of hydrogen-bond acceptors (Lipinski definition) is 4. The van der Waals surface area contributed by atoms with Crippen LogP contribution in [-0.4, -0.2) is 44.6 Å². The van der Waals surface area contributed by atoms with E-state index in [2.05, 4.69) is 40.8 Å². The molecule has 2 fully saturated rings. The van der Waals surface area contributed by atoms with E-state index in [1.165, 1.54) is 0 Å². The summed E-state index contributed by atoms with van der Waals surface area (Å²) >= 11 is 0. The van der Waals surface area contributed by atoms with E-state index in [4.69, 9.17) is 13.9 Å². The molecule has 1 N–H and O–H groups in total. The Balaban J connectivity index is 2.03. The minimum absolute atomic E-state index is 0.138. The van der Waals surface area contributed by atoms with Gasteiger partial charge >= 0.3 is 0 Å². The molecule has 0 bridgehead atoms. The van der Waals surface area contributed by atoms with Gasteiger partial charge in [0.05, 0.1) is 19.3 Å². The van der Waals surface area contributed by atoms with Gasteiger partial charge in [0.2, 0.25) is 0 Å². The van der Waals surface area contributed by atoms with Crippen LogP contribution in [0.4, 0.5) is 0 Å². The minimum atomic E-state index is -1.91. The van der Waals surface area contributed by atoms with Crippen LogP contribution in [-0.2, 0) is 13.9 Å². The van der Waals surface area contributed by atoms with Crippen LogP contribution in [0, 0.1) is 5.92 Å². The molecule has 4 atom stereocenters. The Hall–Kier alpha value is 0.0569. The van der Waals surface area contributed by atoms with Gasteiger partial charge in [0.25, 0.3) is 0 Å². The molecule has 2 aliphatic rings. The molecular weight excluding hydrogens is 296 g/mol. The maximum Gasteiger partial charge on any atom is 0.192 e. The summed E-state index contributed by atoms with van der Waals surface area (Å²) in [6.45, 7) is 14.4. The lowest BCUT2D eigenvalue weighted by Crippen LogP contribution is -2.57. The van der Waals surface area contributed by atoms with Gasteiger partial charge in [0.15, 0.2) is 14.1 Å².